The quantitative estimate of drug-likeness (QED) is 0.183. The fraction of sp³-hybridized carbons (Fsp3) is 0.130. The Kier molecular flexibility index (Phi) is 5.99. The predicted molar refractivity (Wildman–Crippen MR) is 110 cm³/mol. The van der Waals surface area contributed by atoms with E-state index in [1.807, 2.05) is 0 Å². The molecule has 35 heavy (non-hydrogen) atoms. The molecule has 0 atom stereocenters. The number of nitrogens with zero attached hydrogens (tertiary/aromatic N) is 2. The zero-order chi connectivity index (χ0) is 25.7. The minimum atomic E-state index is -4.57. The average Bonchev–Trinajstić information content (AvgIpc) is 3.08. The van der Waals surface area contributed by atoms with Crippen LogP contribution in [0.3, 0.4) is 0 Å². The average molecular weight is 500 g/mol. The Morgan fingerprint density at radius 3 is 2.06 bits per heavy atom. The van der Waals surface area contributed by atoms with E-state index in [2.05, 4.69) is 5.10 Å². The Morgan fingerprint density at radius 1 is 0.886 bits per heavy atom. The van der Waals surface area contributed by atoms with E-state index in [-0.39, 0.29) is 27.4 Å². The number of amides is 1. The molecule has 1 heterocycles. The summed E-state index contributed by atoms with van der Waals surface area (Å²) in [6, 6.07) is 8.75. The van der Waals surface area contributed by atoms with Crippen molar-refractivity contribution >= 4 is 34.2 Å². The number of rotatable bonds is 4. The molecule has 4 nitrogen and oxygen atoms in total. The SMILES string of the molecule is CC1=NN(c2c(F)c(F)c(F)c(F)c2F)C(=O)/C1=C/c1ccc(OCC(F)(F)F)c2ccccc12. The second-order valence-electron chi connectivity index (χ2n) is 7.38. The summed E-state index contributed by atoms with van der Waals surface area (Å²) < 4.78 is 112. The number of halogens is 8. The first-order chi connectivity index (χ1) is 16.4. The van der Waals surface area contributed by atoms with Gasteiger partial charge in [0.15, 0.2) is 29.9 Å². The van der Waals surface area contributed by atoms with Crippen molar-refractivity contribution in [2.24, 2.45) is 5.10 Å². The van der Waals surface area contributed by atoms with Crippen molar-refractivity contribution in [3.63, 3.8) is 0 Å². The molecule has 3 aromatic rings. The molecule has 0 spiro atoms. The van der Waals surface area contributed by atoms with Crippen LogP contribution in [0, 0.1) is 29.1 Å². The van der Waals surface area contributed by atoms with Crippen LogP contribution in [0.4, 0.5) is 40.8 Å². The van der Waals surface area contributed by atoms with Crippen molar-refractivity contribution in [2.75, 3.05) is 11.6 Å². The number of hydrogen-bond donors (Lipinski definition) is 0. The van der Waals surface area contributed by atoms with Gasteiger partial charge in [0.1, 0.15) is 11.4 Å². The number of carbonyl (C=O) groups is 1. The van der Waals surface area contributed by atoms with Gasteiger partial charge in [-0.25, -0.2) is 22.0 Å². The summed E-state index contributed by atoms with van der Waals surface area (Å²) >= 11 is 0. The molecule has 0 unspecified atom stereocenters. The van der Waals surface area contributed by atoms with Crippen LogP contribution in [-0.4, -0.2) is 24.4 Å². The van der Waals surface area contributed by atoms with E-state index in [9.17, 15) is 39.9 Å². The normalized spacial score (nSPS) is 15.3. The van der Waals surface area contributed by atoms with E-state index < -0.39 is 53.5 Å². The number of ether oxygens (including phenoxy) is 1. The van der Waals surface area contributed by atoms with Crippen LogP contribution in [0.5, 0.6) is 5.75 Å². The second kappa shape index (κ2) is 8.67. The largest absolute Gasteiger partial charge is 0.483 e. The highest BCUT2D eigenvalue weighted by molar-refractivity contribution is 6.32. The van der Waals surface area contributed by atoms with Crippen LogP contribution >= 0.6 is 0 Å². The first-order valence-electron chi connectivity index (χ1n) is 9.75. The summed E-state index contributed by atoms with van der Waals surface area (Å²) in [5.41, 5.74) is -1.56. The number of hydrazone groups is 1. The lowest BCUT2D eigenvalue weighted by Crippen LogP contribution is -2.25. The van der Waals surface area contributed by atoms with Gasteiger partial charge in [0.2, 0.25) is 5.82 Å². The Hall–Kier alpha value is -3.96. The summed E-state index contributed by atoms with van der Waals surface area (Å²) in [6.07, 6.45) is -3.33. The number of benzene rings is 3. The van der Waals surface area contributed by atoms with Gasteiger partial charge in [-0.15, -0.1) is 0 Å². The Morgan fingerprint density at radius 2 is 1.46 bits per heavy atom. The standard InChI is InChI=1S/C23H12F8N2O2/c1-10-14(22(34)33(32-10)21-19(27)17(25)16(24)18(26)20(21)28)8-11-6-7-15(35-9-23(29,30)31)13-5-3-2-4-12(11)13/h2-8H,9H2,1H3/b14-8+. The summed E-state index contributed by atoms with van der Waals surface area (Å²) in [5.74, 6) is -12.6. The van der Waals surface area contributed by atoms with Crippen LogP contribution in [-0.2, 0) is 4.79 Å². The van der Waals surface area contributed by atoms with E-state index in [1.54, 1.807) is 12.1 Å². The van der Waals surface area contributed by atoms with E-state index in [0.29, 0.717) is 10.9 Å². The zero-order valence-electron chi connectivity index (χ0n) is 17.5. The number of fused-ring (bicyclic) bond motifs is 1. The zero-order valence-corrected chi connectivity index (χ0v) is 17.5. The molecule has 0 saturated heterocycles. The molecule has 182 valence electrons. The Balaban J connectivity index is 1.77. The van der Waals surface area contributed by atoms with E-state index in [1.165, 1.54) is 37.3 Å². The third-order valence-electron chi connectivity index (χ3n) is 5.07. The molecule has 0 aromatic heterocycles. The van der Waals surface area contributed by atoms with E-state index >= 15 is 0 Å². The summed E-state index contributed by atoms with van der Waals surface area (Å²) in [7, 11) is 0. The minimum absolute atomic E-state index is 0.0699. The fourth-order valence-electron chi connectivity index (χ4n) is 3.48. The maximum atomic E-state index is 14.2. The smallest absolute Gasteiger partial charge is 0.422 e. The maximum absolute atomic E-state index is 14.2. The lowest BCUT2D eigenvalue weighted by atomic mass is 10.00. The van der Waals surface area contributed by atoms with Gasteiger partial charge in [-0.05, 0) is 30.0 Å². The second-order valence-corrected chi connectivity index (χ2v) is 7.38. The van der Waals surface area contributed by atoms with Crippen molar-refractivity contribution < 1.29 is 44.7 Å². The topological polar surface area (TPSA) is 41.9 Å². The van der Waals surface area contributed by atoms with Gasteiger partial charge >= 0.3 is 6.18 Å². The van der Waals surface area contributed by atoms with Crippen molar-refractivity contribution in [1.29, 1.82) is 0 Å². The lowest BCUT2D eigenvalue weighted by Gasteiger charge is -2.15. The van der Waals surface area contributed by atoms with Crippen LogP contribution in [0.15, 0.2) is 47.1 Å². The van der Waals surface area contributed by atoms with Gasteiger partial charge < -0.3 is 4.74 Å². The molecule has 1 amide bonds. The number of alkyl halides is 3. The molecule has 0 radical (unpaired) electrons. The molecule has 1 aliphatic heterocycles. The van der Waals surface area contributed by atoms with Gasteiger partial charge in [-0.2, -0.15) is 23.3 Å². The molecule has 4 rings (SSSR count). The van der Waals surface area contributed by atoms with Gasteiger partial charge in [0, 0.05) is 5.39 Å². The van der Waals surface area contributed by atoms with Crippen LogP contribution in [0.1, 0.15) is 12.5 Å². The first kappa shape index (κ1) is 24.2. The third-order valence-corrected chi connectivity index (χ3v) is 5.07. The first-order valence-corrected chi connectivity index (χ1v) is 9.75. The highest BCUT2D eigenvalue weighted by atomic mass is 19.4. The highest BCUT2D eigenvalue weighted by Crippen LogP contribution is 2.35. The molecule has 0 fully saturated rings. The van der Waals surface area contributed by atoms with Crippen LogP contribution < -0.4 is 9.75 Å². The van der Waals surface area contributed by atoms with Gasteiger partial charge in [-0.3, -0.25) is 4.79 Å². The summed E-state index contributed by atoms with van der Waals surface area (Å²) in [5, 5.41) is 4.37. The molecular formula is C23H12F8N2O2. The maximum Gasteiger partial charge on any atom is 0.422 e. The Bertz CT molecular complexity index is 1400. The van der Waals surface area contributed by atoms with Crippen LogP contribution in [0.2, 0.25) is 0 Å². The monoisotopic (exact) mass is 500 g/mol. The van der Waals surface area contributed by atoms with Gasteiger partial charge in [0.25, 0.3) is 5.91 Å². The van der Waals surface area contributed by atoms with Gasteiger partial charge in [-0.1, -0.05) is 30.3 Å². The highest BCUT2D eigenvalue weighted by Gasteiger charge is 2.37. The van der Waals surface area contributed by atoms with Crippen molar-refractivity contribution in [3.05, 3.63) is 76.6 Å². The Labute approximate surface area is 191 Å². The summed E-state index contributed by atoms with van der Waals surface area (Å²) in [6.45, 7) is -0.253. The van der Waals surface area contributed by atoms with Crippen LogP contribution in [0.25, 0.3) is 16.8 Å². The van der Waals surface area contributed by atoms with Crippen molar-refractivity contribution in [2.45, 2.75) is 13.1 Å². The molecule has 0 saturated carbocycles. The van der Waals surface area contributed by atoms with Crippen molar-refractivity contribution in [1.82, 2.24) is 0 Å². The predicted octanol–water partition coefficient (Wildman–Crippen LogP) is 6.28. The molecule has 12 heteroatoms. The molecule has 1 aliphatic rings. The minimum Gasteiger partial charge on any atom is -0.483 e. The fourth-order valence-corrected chi connectivity index (χ4v) is 3.48. The number of hydrogen-bond acceptors (Lipinski definition) is 3. The lowest BCUT2D eigenvalue weighted by molar-refractivity contribution is -0.153. The molecular weight excluding hydrogens is 488 g/mol. The summed E-state index contributed by atoms with van der Waals surface area (Å²) in [4.78, 5) is 12.9. The molecule has 0 aliphatic carbocycles. The molecule has 3 aromatic carbocycles. The molecule has 0 bridgehead atoms. The van der Waals surface area contributed by atoms with E-state index in [0.717, 1.165) is 0 Å². The number of carbonyl (C=O) groups excluding carboxylic acids is 1. The third kappa shape index (κ3) is 4.31. The van der Waals surface area contributed by atoms with Gasteiger partial charge in [0.05, 0.1) is 11.3 Å². The van der Waals surface area contributed by atoms with E-state index in [4.69, 9.17) is 4.74 Å². The number of anilines is 1. The molecule has 0 N–H and O–H groups in total. The van der Waals surface area contributed by atoms with Crippen molar-refractivity contribution in [3.8, 4) is 5.75 Å².